The summed E-state index contributed by atoms with van der Waals surface area (Å²) in [5.41, 5.74) is -0.238. The first-order valence-electron chi connectivity index (χ1n) is 15.2. The number of oxime groups is 1. The molecule has 5 rings (SSSR count). The summed E-state index contributed by atoms with van der Waals surface area (Å²) >= 11 is 0. The summed E-state index contributed by atoms with van der Waals surface area (Å²) in [6.07, 6.45) is 4.18. The second-order valence-electron chi connectivity index (χ2n) is 13.8. The highest BCUT2D eigenvalue weighted by atomic mass is 19.3. The first kappa shape index (κ1) is 29.7. The molecule has 4 aliphatic rings. The van der Waals surface area contributed by atoms with Crippen molar-refractivity contribution in [3.8, 4) is 5.75 Å². The third kappa shape index (κ3) is 4.65. The molecule has 0 aliphatic heterocycles. The Labute approximate surface area is 236 Å². The number of aliphatic hydroxyl groups excluding tert-OH is 2. The summed E-state index contributed by atoms with van der Waals surface area (Å²) in [6, 6.07) is 4.54. The normalized spacial score (nSPS) is 41.1. The van der Waals surface area contributed by atoms with Gasteiger partial charge in [-0.05, 0) is 91.6 Å². The minimum Gasteiger partial charge on any atom is -0.496 e. The van der Waals surface area contributed by atoms with Crippen LogP contribution < -0.4 is 4.74 Å². The molecule has 0 heterocycles. The Morgan fingerprint density at radius 2 is 1.75 bits per heavy atom. The molecule has 0 amide bonds. The van der Waals surface area contributed by atoms with E-state index >= 15 is 8.78 Å². The number of ether oxygens (including phenoxy) is 1. The van der Waals surface area contributed by atoms with Gasteiger partial charge in [-0.25, -0.2) is 13.2 Å². The Balaban J connectivity index is 1.29. The quantitative estimate of drug-likeness (QED) is 0.238. The van der Waals surface area contributed by atoms with Gasteiger partial charge in [-0.1, -0.05) is 44.8 Å². The van der Waals surface area contributed by atoms with Gasteiger partial charge in [0.15, 0.2) is 0 Å². The lowest BCUT2D eigenvalue weighted by molar-refractivity contribution is -0.221. The third-order valence-electron chi connectivity index (χ3n) is 12.1. The molecule has 4 saturated carbocycles. The summed E-state index contributed by atoms with van der Waals surface area (Å²) in [5, 5.41) is 34.1. The van der Waals surface area contributed by atoms with Crippen molar-refractivity contribution < 1.29 is 33.3 Å². The molecule has 0 bridgehead atoms. The zero-order valence-corrected chi connectivity index (χ0v) is 24.3. The first-order valence-corrected chi connectivity index (χ1v) is 15.2. The molecule has 10 atom stereocenters. The van der Waals surface area contributed by atoms with Gasteiger partial charge in [0.25, 0.3) is 5.92 Å². The van der Waals surface area contributed by atoms with Crippen molar-refractivity contribution in [1.29, 1.82) is 0 Å². The zero-order chi connectivity index (χ0) is 29.0. The minimum atomic E-state index is -2.88. The molecule has 224 valence electrons. The lowest BCUT2D eigenvalue weighted by atomic mass is 9.43. The van der Waals surface area contributed by atoms with Crippen molar-refractivity contribution >= 4 is 5.71 Å². The summed E-state index contributed by atoms with van der Waals surface area (Å²) in [7, 11) is 1.46. The zero-order valence-electron chi connectivity index (χ0n) is 24.3. The Bertz CT molecular complexity index is 1110. The van der Waals surface area contributed by atoms with Crippen LogP contribution in [0.5, 0.6) is 5.75 Å². The second-order valence-corrected chi connectivity index (χ2v) is 13.8. The average Bonchev–Trinajstić information content (AvgIpc) is 3.26. The molecule has 5 nitrogen and oxygen atoms in total. The Hall–Kier alpha value is -1.80. The minimum absolute atomic E-state index is 0.0684. The van der Waals surface area contributed by atoms with Crippen LogP contribution in [0.4, 0.5) is 13.2 Å². The van der Waals surface area contributed by atoms with E-state index in [1.54, 1.807) is 12.1 Å². The predicted molar refractivity (Wildman–Crippen MR) is 147 cm³/mol. The van der Waals surface area contributed by atoms with Crippen LogP contribution in [-0.2, 0) is 0 Å². The van der Waals surface area contributed by atoms with Gasteiger partial charge < -0.3 is 20.2 Å². The highest BCUT2D eigenvalue weighted by Gasteiger charge is 2.69. The van der Waals surface area contributed by atoms with E-state index in [4.69, 9.17) is 4.74 Å². The molecule has 1 aromatic rings. The fourth-order valence-corrected chi connectivity index (χ4v) is 10.1. The van der Waals surface area contributed by atoms with E-state index in [2.05, 4.69) is 25.9 Å². The lowest BCUT2D eigenvalue weighted by Gasteiger charge is -2.62. The Kier molecular flexibility index (Phi) is 8.01. The molecule has 0 radical (unpaired) electrons. The van der Waals surface area contributed by atoms with Gasteiger partial charge in [0.2, 0.25) is 0 Å². The van der Waals surface area contributed by atoms with E-state index in [9.17, 15) is 19.8 Å². The number of fused-ring (bicyclic) bond motifs is 5. The summed E-state index contributed by atoms with van der Waals surface area (Å²) in [5.74, 6) is -3.91. The lowest BCUT2D eigenvalue weighted by Crippen LogP contribution is -2.63. The molecule has 4 fully saturated rings. The Morgan fingerprint density at radius 1 is 1.05 bits per heavy atom. The van der Waals surface area contributed by atoms with Crippen LogP contribution in [0.15, 0.2) is 23.4 Å². The molecular formula is C32H46F3NO4. The van der Waals surface area contributed by atoms with E-state index in [1.807, 2.05) is 0 Å². The average molecular weight is 566 g/mol. The second kappa shape index (κ2) is 10.8. The monoisotopic (exact) mass is 565 g/mol. The van der Waals surface area contributed by atoms with Crippen molar-refractivity contribution in [2.24, 2.45) is 51.5 Å². The van der Waals surface area contributed by atoms with E-state index in [0.29, 0.717) is 43.3 Å². The van der Waals surface area contributed by atoms with Gasteiger partial charge >= 0.3 is 0 Å². The maximum atomic E-state index is 16.1. The van der Waals surface area contributed by atoms with Crippen molar-refractivity contribution in [2.45, 2.75) is 103 Å². The summed E-state index contributed by atoms with van der Waals surface area (Å²) in [4.78, 5) is 0. The molecule has 4 aliphatic carbocycles. The maximum absolute atomic E-state index is 16.1. The highest BCUT2D eigenvalue weighted by molar-refractivity contribution is 5.92. The molecule has 8 heteroatoms. The van der Waals surface area contributed by atoms with Crippen molar-refractivity contribution in [1.82, 2.24) is 0 Å². The van der Waals surface area contributed by atoms with Crippen LogP contribution in [0.1, 0.15) is 96.6 Å². The third-order valence-corrected chi connectivity index (χ3v) is 12.1. The number of rotatable bonds is 7. The molecular weight excluding hydrogens is 519 g/mol. The van der Waals surface area contributed by atoms with Crippen LogP contribution in [-0.4, -0.2) is 40.3 Å². The van der Waals surface area contributed by atoms with Gasteiger partial charge in [-0.15, -0.1) is 0 Å². The molecule has 40 heavy (non-hydrogen) atoms. The smallest absolute Gasteiger partial charge is 0.252 e. The highest BCUT2D eigenvalue weighted by Crippen LogP contribution is 2.71. The number of nitrogens with zero attached hydrogens (tertiary/aromatic N) is 1. The molecule has 0 spiro atoms. The Morgan fingerprint density at radius 3 is 2.45 bits per heavy atom. The topological polar surface area (TPSA) is 82.3 Å². The number of alkyl halides is 2. The van der Waals surface area contributed by atoms with Gasteiger partial charge in [0.1, 0.15) is 11.6 Å². The van der Waals surface area contributed by atoms with Gasteiger partial charge in [-0.2, -0.15) is 0 Å². The number of methoxy groups -OCH3 is 1. The van der Waals surface area contributed by atoms with E-state index in [-0.39, 0.29) is 34.9 Å². The first-order chi connectivity index (χ1) is 18.9. The maximum Gasteiger partial charge on any atom is 0.252 e. The number of halogens is 3. The van der Waals surface area contributed by atoms with Crippen LogP contribution in [0, 0.1) is 52.2 Å². The van der Waals surface area contributed by atoms with Gasteiger partial charge in [0, 0.05) is 18.3 Å². The summed E-state index contributed by atoms with van der Waals surface area (Å²) in [6.45, 7) is 6.54. The van der Waals surface area contributed by atoms with Crippen LogP contribution in [0.3, 0.4) is 0 Å². The van der Waals surface area contributed by atoms with Crippen LogP contribution >= 0.6 is 0 Å². The molecule has 1 aromatic carbocycles. The standard InChI is InChI=1S/C32H46F3NO4/c1-18(7-5-9-24(37)27-23(33)8-6-10-26(27)40-4)19-11-12-20-28-21(13-15-30(19,20)2)31(3)16-14-25(38)29(36-39)22(31)17-32(28,34)35/h6,8,10,18-22,24-25,28,37-39H,5,7,9,11-17H2,1-4H3/t18-,19-,20+,21+,22+,24?,25+,28+,30-,31-/m1/s1. The SMILES string of the molecule is COc1cccc(F)c1C(O)CCC[C@@H](C)[C@H]1CC[C@H]2[C@H]3[C@H](CC[C@]12C)[C@@]1(C)CC[C@H](O)C(=NO)[C@@H]1CC3(F)F. The van der Waals surface area contributed by atoms with Gasteiger partial charge in [-0.3, -0.25) is 0 Å². The molecule has 0 saturated heterocycles. The van der Waals surface area contributed by atoms with E-state index in [1.165, 1.54) is 13.2 Å². The fraction of sp³-hybridized carbons (Fsp3) is 0.781. The van der Waals surface area contributed by atoms with Crippen molar-refractivity contribution in [2.75, 3.05) is 7.11 Å². The van der Waals surface area contributed by atoms with Crippen molar-refractivity contribution in [3.63, 3.8) is 0 Å². The van der Waals surface area contributed by atoms with Crippen molar-refractivity contribution in [3.05, 3.63) is 29.6 Å². The largest absolute Gasteiger partial charge is 0.496 e. The number of hydrogen-bond donors (Lipinski definition) is 3. The molecule has 0 aromatic heterocycles. The number of hydrogen-bond acceptors (Lipinski definition) is 5. The van der Waals surface area contributed by atoms with Gasteiger partial charge in [0.05, 0.1) is 30.6 Å². The molecule has 1 unspecified atom stereocenters. The number of aliphatic hydroxyl groups is 2. The predicted octanol–water partition coefficient (Wildman–Crippen LogP) is 7.38. The van der Waals surface area contributed by atoms with Crippen LogP contribution in [0.2, 0.25) is 0 Å². The number of benzene rings is 1. The fourth-order valence-electron chi connectivity index (χ4n) is 10.1. The van der Waals surface area contributed by atoms with E-state index < -0.39 is 41.2 Å². The van der Waals surface area contributed by atoms with Crippen LogP contribution in [0.25, 0.3) is 0 Å². The van der Waals surface area contributed by atoms with E-state index in [0.717, 1.165) is 32.1 Å². The summed E-state index contributed by atoms with van der Waals surface area (Å²) < 4.78 is 51.9. The molecule has 3 N–H and O–H groups in total.